The highest BCUT2D eigenvalue weighted by Gasteiger charge is 2.38. The van der Waals surface area contributed by atoms with E-state index in [0.29, 0.717) is 0 Å². The summed E-state index contributed by atoms with van der Waals surface area (Å²) >= 11 is 0. The van der Waals surface area contributed by atoms with E-state index in [1.54, 1.807) is 0 Å². The first-order valence-electron chi connectivity index (χ1n) is 21.7. The van der Waals surface area contributed by atoms with Gasteiger partial charge in [-0.05, 0) is 142 Å². The Balaban J connectivity index is 1.13. The first kappa shape index (κ1) is 36.6. The fourth-order valence-electron chi connectivity index (χ4n) is 10.8. The second-order valence-electron chi connectivity index (χ2n) is 19.2. The van der Waals surface area contributed by atoms with Gasteiger partial charge in [0.05, 0.1) is 5.69 Å². The van der Waals surface area contributed by atoms with Gasteiger partial charge in [0.2, 0.25) is 0 Å². The van der Waals surface area contributed by atoms with E-state index in [1.807, 2.05) is 0 Å². The zero-order valence-electron chi connectivity index (χ0n) is 35.6. The van der Waals surface area contributed by atoms with Crippen molar-refractivity contribution >= 4 is 49.4 Å². The molecule has 9 aromatic carbocycles. The lowest BCUT2D eigenvalue weighted by atomic mass is 9.63. The van der Waals surface area contributed by atoms with Crippen LogP contribution >= 0.6 is 0 Å². The maximum Gasteiger partial charge on any atom is 0.0543 e. The second-order valence-corrected chi connectivity index (χ2v) is 19.2. The van der Waals surface area contributed by atoms with Gasteiger partial charge in [-0.2, -0.15) is 0 Å². The molecule has 0 atom stereocenters. The number of fused-ring (bicyclic) bond motifs is 10. The van der Waals surface area contributed by atoms with Gasteiger partial charge in [-0.1, -0.05) is 181 Å². The normalized spacial score (nSPS) is 15.8. The van der Waals surface area contributed by atoms with Crippen LogP contribution in [-0.2, 0) is 16.2 Å². The summed E-state index contributed by atoms with van der Waals surface area (Å²) in [5.41, 5.74) is 17.0. The van der Waals surface area contributed by atoms with Gasteiger partial charge in [0.1, 0.15) is 0 Å². The first-order valence-corrected chi connectivity index (χ1v) is 21.7. The molecule has 0 N–H and O–H groups in total. The Morgan fingerprint density at radius 2 is 0.883 bits per heavy atom. The quantitative estimate of drug-likeness (QED) is 0.157. The number of benzene rings is 9. The third-order valence-corrected chi connectivity index (χ3v) is 14.3. The maximum absolute atomic E-state index is 2.50. The van der Waals surface area contributed by atoms with Gasteiger partial charge in [0, 0.05) is 22.4 Å². The molecule has 0 heterocycles. The zero-order chi connectivity index (χ0) is 41.0. The van der Waals surface area contributed by atoms with Gasteiger partial charge in [0.25, 0.3) is 0 Å². The molecule has 2 aliphatic carbocycles. The summed E-state index contributed by atoms with van der Waals surface area (Å²) in [4.78, 5) is 2.50. The molecule has 0 unspecified atom stereocenters. The lowest BCUT2D eigenvalue weighted by molar-refractivity contribution is 0.332. The molecule has 0 aliphatic heterocycles. The molecule has 0 spiro atoms. The predicted molar refractivity (Wildman–Crippen MR) is 257 cm³/mol. The van der Waals surface area contributed by atoms with Crippen molar-refractivity contribution in [3.8, 4) is 33.4 Å². The molecule has 9 aromatic rings. The minimum absolute atomic E-state index is 0.154. The summed E-state index contributed by atoms with van der Waals surface area (Å²) in [6, 6.07) is 66.4. The van der Waals surface area contributed by atoms with Gasteiger partial charge < -0.3 is 4.90 Å². The molecule has 2 aliphatic rings. The predicted octanol–water partition coefficient (Wildman–Crippen LogP) is 16.6. The van der Waals surface area contributed by atoms with Crippen LogP contribution in [0.2, 0.25) is 0 Å². The molecule has 0 fully saturated rings. The fraction of sp³-hybridized carbons (Fsp3) is 0.186. The van der Waals surface area contributed by atoms with E-state index in [0.717, 1.165) is 11.4 Å². The minimum atomic E-state index is -0.154. The summed E-state index contributed by atoms with van der Waals surface area (Å²) in [6.07, 6.45) is 2.43. The van der Waals surface area contributed by atoms with Crippen LogP contribution in [0.1, 0.15) is 76.6 Å². The molecule has 0 saturated carbocycles. The van der Waals surface area contributed by atoms with Crippen molar-refractivity contribution in [2.75, 3.05) is 4.90 Å². The zero-order valence-corrected chi connectivity index (χ0v) is 35.6. The van der Waals surface area contributed by atoms with Gasteiger partial charge >= 0.3 is 0 Å². The van der Waals surface area contributed by atoms with Crippen LogP contribution in [0, 0.1) is 0 Å². The summed E-state index contributed by atoms with van der Waals surface area (Å²) in [6.45, 7) is 14.4. The van der Waals surface area contributed by atoms with Crippen LogP contribution in [0.15, 0.2) is 176 Å². The minimum Gasteiger partial charge on any atom is -0.310 e. The van der Waals surface area contributed by atoms with Crippen molar-refractivity contribution in [1.29, 1.82) is 0 Å². The summed E-state index contributed by atoms with van der Waals surface area (Å²) in [7, 11) is 0. The summed E-state index contributed by atoms with van der Waals surface area (Å²) in [5.74, 6) is 0. The molecule has 0 bridgehead atoms. The molecule has 0 saturated heterocycles. The van der Waals surface area contributed by atoms with Gasteiger partial charge in [-0.25, -0.2) is 0 Å². The number of hydrogen-bond acceptors (Lipinski definition) is 1. The molecule has 292 valence electrons. The average Bonchev–Trinajstić information content (AvgIpc) is 3.50. The standard InChI is InChI=1S/C59H51N/c1-57(2)32-33-58(3,4)55-34-40(28-31-53(55)57)38-24-26-39(27-25-38)49-36-51-48-22-14-15-23-52(48)59(5,6)54(51)37-56(49)60(41-16-8-7-9-17-41)42-29-30-47-45-20-11-10-18-43(45)44-19-12-13-21-46(44)50(47)35-42/h7-31,34-37H,32-33H2,1-6H3. The van der Waals surface area contributed by atoms with Crippen LogP contribution in [0.25, 0.3) is 65.7 Å². The van der Waals surface area contributed by atoms with Crippen molar-refractivity contribution in [1.82, 2.24) is 0 Å². The van der Waals surface area contributed by atoms with E-state index >= 15 is 0 Å². The smallest absolute Gasteiger partial charge is 0.0543 e. The molecular formula is C59H51N. The summed E-state index contributed by atoms with van der Waals surface area (Å²) < 4.78 is 0. The van der Waals surface area contributed by atoms with E-state index in [1.165, 1.54) is 106 Å². The van der Waals surface area contributed by atoms with Crippen LogP contribution in [0.5, 0.6) is 0 Å². The van der Waals surface area contributed by atoms with Gasteiger partial charge in [0.15, 0.2) is 0 Å². The number of para-hydroxylation sites is 1. The molecule has 0 radical (unpaired) electrons. The lowest BCUT2D eigenvalue weighted by Gasteiger charge is -2.42. The van der Waals surface area contributed by atoms with Crippen molar-refractivity contribution in [3.05, 3.63) is 198 Å². The van der Waals surface area contributed by atoms with E-state index in [9.17, 15) is 0 Å². The SMILES string of the molecule is CC1(C)CCC(C)(C)c2cc(-c3ccc(-c4cc5c(cc4N(c4ccccc4)c4ccc6c7ccccc7c7ccccc7c6c4)C(C)(C)c4ccccc4-5)cc3)ccc21. The number of anilines is 3. The van der Waals surface area contributed by atoms with Crippen molar-refractivity contribution in [2.45, 2.75) is 70.6 Å². The van der Waals surface area contributed by atoms with Crippen LogP contribution in [0.3, 0.4) is 0 Å². The number of rotatable bonds is 5. The van der Waals surface area contributed by atoms with Gasteiger partial charge in [-0.3, -0.25) is 0 Å². The van der Waals surface area contributed by atoms with Crippen molar-refractivity contribution < 1.29 is 0 Å². The molecule has 0 amide bonds. The Morgan fingerprint density at radius 1 is 0.333 bits per heavy atom. The first-order chi connectivity index (χ1) is 29.0. The highest BCUT2D eigenvalue weighted by Crippen LogP contribution is 2.54. The van der Waals surface area contributed by atoms with E-state index < -0.39 is 0 Å². The number of nitrogens with zero attached hydrogens (tertiary/aromatic N) is 1. The van der Waals surface area contributed by atoms with E-state index in [-0.39, 0.29) is 16.2 Å². The largest absolute Gasteiger partial charge is 0.310 e. The topological polar surface area (TPSA) is 3.24 Å². The van der Waals surface area contributed by atoms with E-state index in [4.69, 9.17) is 0 Å². The van der Waals surface area contributed by atoms with Crippen molar-refractivity contribution in [3.63, 3.8) is 0 Å². The van der Waals surface area contributed by atoms with E-state index in [2.05, 4.69) is 222 Å². The Labute approximate surface area is 355 Å². The third-order valence-electron chi connectivity index (χ3n) is 14.3. The highest BCUT2D eigenvalue weighted by atomic mass is 15.1. The lowest BCUT2D eigenvalue weighted by Crippen LogP contribution is -2.33. The highest BCUT2D eigenvalue weighted by molar-refractivity contribution is 6.25. The van der Waals surface area contributed by atoms with Crippen molar-refractivity contribution in [2.24, 2.45) is 0 Å². The average molecular weight is 774 g/mol. The summed E-state index contributed by atoms with van der Waals surface area (Å²) in [5, 5.41) is 7.68. The Hall–Kier alpha value is -6.44. The third kappa shape index (κ3) is 5.59. The van der Waals surface area contributed by atoms with Crippen LogP contribution < -0.4 is 4.90 Å². The maximum atomic E-state index is 2.50. The monoisotopic (exact) mass is 773 g/mol. The number of hydrogen-bond donors (Lipinski definition) is 0. The molecule has 1 heteroatoms. The molecular weight excluding hydrogens is 723 g/mol. The molecule has 60 heavy (non-hydrogen) atoms. The van der Waals surface area contributed by atoms with Crippen LogP contribution in [-0.4, -0.2) is 0 Å². The molecule has 11 rings (SSSR count). The second kappa shape index (κ2) is 13.3. The van der Waals surface area contributed by atoms with Crippen LogP contribution in [0.4, 0.5) is 17.1 Å². The Morgan fingerprint density at radius 3 is 1.57 bits per heavy atom. The Kier molecular flexibility index (Phi) is 8.11. The van der Waals surface area contributed by atoms with Gasteiger partial charge in [-0.15, -0.1) is 0 Å². The molecule has 1 nitrogen and oxygen atoms in total. The fourth-order valence-corrected chi connectivity index (χ4v) is 10.8. The Bertz CT molecular complexity index is 3130. The molecule has 0 aromatic heterocycles.